The SMILES string of the molecule is CCC(C)C(C(=O)NC(Cc1ccccc1)C(O)CC(Cc1ccc(-c2ccccn2)cc1)NC(=O)C(NC(=O)OC)C(C)(C)C)N1CCN(Cc2cccc(C)n2)C1=O. The molecule has 0 saturated carbocycles. The third-order valence-electron chi connectivity index (χ3n) is 11.1. The summed E-state index contributed by atoms with van der Waals surface area (Å²) >= 11 is 0. The fourth-order valence-corrected chi connectivity index (χ4v) is 7.65. The van der Waals surface area contributed by atoms with Gasteiger partial charge in [-0.15, -0.1) is 0 Å². The van der Waals surface area contributed by atoms with Crippen molar-refractivity contribution in [1.82, 2.24) is 35.7 Å². The molecule has 0 spiro atoms. The van der Waals surface area contributed by atoms with Crippen molar-refractivity contribution in [3.8, 4) is 11.3 Å². The molecule has 60 heavy (non-hydrogen) atoms. The number of urea groups is 1. The van der Waals surface area contributed by atoms with E-state index in [0.717, 1.165) is 33.8 Å². The van der Waals surface area contributed by atoms with E-state index in [0.29, 0.717) is 38.9 Å². The molecule has 320 valence electrons. The van der Waals surface area contributed by atoms with Crippen LogP contribution in [0, 0.1) is 18.3 Å². The topological polar surface area (TPSA) is 166 Å². The number of hydrogen-bond acceptors (Lipinski definition) is 8. The quantitative estimate of drug-likeness (QED) is 0.0938. The van der Waals surface area contributed by atoms with Gasteiger partial charge >= 0.3 is 12.1 Å². The lowest BCUT2D eigenvalue weighted by molar-refractivity contribution is -0.129. The molecular weight excluding hydrogens is 759 g/mol. The van der Waals surface area contributed by atoms with Crippen molar-refractivity contribution in [1.29, 1.82) is 0 Å². The average Bonchev–Trinajstić information content (AvgIpc) is 3.57. The molecule has 5 rings (SSSR count). The Bertz CT molecular complexity index is 2030. The third-order valence-corrected chi connectivity index (χ3v) is 11.1. The maximum absolute atomic E-state index is 14.6. The molecule has 1 aliphatic rings. The number of aliphatic hydroxyl groups is 1. The van der Waals surface area contributed by atoms with Gasteiger partial charge in [0.2, 0.25) is 11.8 Å². The second-order valence-electron chi connectivity index (χ2n) is 16.9. The monoisotopic (exact) mass is 819 g/mol. The molecule has 4 N–H and O–H groups in total. The second kappa shape index (κ2) is 20.9. The minimum Gasteiger partial charge on any atom is -0.453 e. The van der Waals surface area contributed by atoms with Crippen molar-refractivity contribution in [2.75, 3.05) is 20.2 Å². The van der Waals surface area contributed by atoms with E-state index in [9.17, 15) is 24.3 Å². The van der Waals surface area contributed by atoms with Gasteiger partial charge in [0.1, 0.15) is 12.1 Å². The first-order chi connectivity index (χ1) is 28.7. The van der Waals surface area contributed by atoms with Gasteiger partial charge in [-0.05, 0) is 72.9 Å². The molecule has 6 unspecified atom stereocenters. The number of hydrogen-bond donors (Lipinski definition) is 4. The maximum Gasteiger partial charge on any atom is 0.407 e. The van der Waals surface area contributed by atoms with Gasteiger partial charge in [0.15, 0.2) is 0 Å². The maximum atomic E-state index is 14.6. The second-order valence-corrected chi connectivity index (χ2v) is 16.9. The van der Waals surface area contributed by atoms with Gasteiger partial charge in [-0.2, -0.15) is 0 Å². The van der Waals surface area contributed by atoms with E-state index < -0.39 is 47.7 Å². The number of amides is 5. The van der Waals surface area contributed by atoms with Crippen molar-refractivity contribution in [3.05, 3.63) is 120 Å². The lowest BCUT2D eigenvalue weighted by Crippen LogP contribution is -2.58. The Morgan fingerprint density at radius 2 is 1.55 bits per heavy atom. The van der Waals surface area contributed by atoms with Gasteiger partial charge in [-0.25, -0.2) is 9.59 Å². The molecule has 13 heteroatoms. The summed E-state index contributed by atoms with van der Waals surface area (Å²) in [6, 6.07) is 25.5. The van der Waals surface area contributed by atoms with Crippen LogP contribution in [0.25, 0.3) is 11.3 Å². The molecule has 5 amide bonds. The molecule has 2 aromatic heterocycles. The zero-order chi connectivity index (χ0) is 43.4. The van der Waals surface area contributed by atoms with Gasteiger partial charge in [-0.1, -0.05) is 108 Å². The Balaban J connectivity index is 1.41. The fraction of sp³-hybridized carbons (Fsp3) is 0.447. The first-order valence-corrected chi connectivity index (χ1v) is 20.8. The smallest absolute Gasteiger partial charge is 0.407 e. The van der Waals surface area contributed by atoms with Crippen LogP contribution in [0.5, 0.6) is 0 Å². The summed E-state index contributed by atoms with van der Waals surface area (Å²) in [5, 5.41) is 21.2. The Labute approximate surface area is 354 Å². The molecule has 1 aliphatic heterocycles. The molecule has 2 aromatic carbocycles. The molecule has 13 nitrogen and oxygen atoms in total. The van der Waals surface area contributed by atoms with Crippen LogP contribution in [0.2, 0.25) is 0 Å². The van der Waals surface area contributed by atoms with Gasteiger partial charge in [0.25, 0.3) is 0 Å². The summed E-state index contributed by atoms with van der Waals surface area (Å²) in [5.74, 6) is -0.971. The van der Waals surface area contributed by atoms with Crippen LogP contribution in [0.3, 0.4) is 0 Å². The summed E-state index contributed by atoms with van der Waals surface area (Å²) in [7, 11) is 1.24. The van der Waals surface area contributed by atoms with Crippen LogP contribution in [-0.2, 0) is 33.7 Å². The van der Waals surface area contributed by atoms with Crippen molar-refractivity contribution < 1.29 is 29.0 Å². The number of rotatable bonds is 18. The van der Waals surface area contributed by atoms with Crippen LogP contribution in [0.4, 0.5) is 9.59 Å². The summed E-state index contributed by atoms with van der Waals surface area (Å²) in [5.41, 5.74) is 4.52. The number of methoxy groups -OCH3 is 1. The molecule has 0 aliphatic carbocycles. The van der Waals surface area contributed by atoms with Crippen LogP contribution < -0.4 is 16.0 Å². The van der Waals surface area contributed by atoms with E-state index in [1.807, 2.05) is 133 Å². The normalized spacial score (nSPS) is 16.0. The molecule has 1 saturated heterocycles. The molecule has 3 heterocycles. The highest BCUT2D eigenvalue weighted by Gasteiger charge is 2.41. The zero-order valence-corrected chi connectivity index (χ0v) is 35.9. The van der Waals surface area contributed by atoms with Gasteiger partial charge in [0, 0.05) is 36.6 Å². The van der Waals surface area contributed by atoms with Crippen LogP contribution in [0.15, 0.2) is 97.2 Å². The van der Waals surface area contributed by atoms with Gasteiger partial charge in [0.05, 0.1) is 37.2 Å². The lowest BCUT2D eigenvalue weighted by atomic mass is 9.85. The minimum absolute atomic E-state index is 0.0640. The molecule has 4 aromatic rings. The molecule has 1 fully saturated rings. The first kappa shape index (κ1) is 45.3. The van der Waals surface area contributed by atoms with Crippen LogP contribution in [-0.4, -0.2) is 99.3 Å². The zero-order valence-electron chi connectivity index (χ0n) is 35.9. The number of alkyl carbamates (subject to hydrolysis) is 1. The summed E-state index contributed by atoms with van der Waals surface area (Å²) in [6.07, 6.45) is 1.22. The summed E-state index contributed by atoms with van der Waals surface area (Å²) < 4.78 is 4.84. The number of benzene rings is 2. The van der Waals surface area contributed by atoms with E-state index in [-0.39, 0.29) is 24.3 Å². The van der Waals surface area contributed by atoms with Crippen LogP contribution >= 0.6 is 0 Å². The number of nitrogens with zero attached hydrogens (tertiary/aromatic N) is 4. The molecule has 6 atom stereocenters. The third kappa shape index (κ3) is 12.4. The van der Waals surface area contributed by atoms with Crippen molar-refractivity contribution in [2.45, 2.75) is 104 Å². The Morgan fingerprint density at radius 3 is 2.18 bits per heavy atom. The van der Waals surface area contributed by atoms with Crippen molar-refractivity contribution in [2.24, 2.45) is 11.3 Å². The Morgan fingerprint density at radius 1 is 0.850 bits per heavy atom. The Hall–Kier alpha value is -5.82. The lowest BCUT2D eigenvalue weighted by Gasteiger charge is -2.35. The van der Waals surface area contributed by atoms with E-state index >= 15 is 0 Å². The molecular formula is C47H61N7O6. The number of carbonyl (C=O) groups excluding carboxylic acids is 4. The fourth-order valence-electron chi connectivity index (χ4n) is 7.65. The van der Waals surface area contributed by atoms with Crippen LogP contribution in [0.1, 0.15) is 70.0 Å². The summed E-state index contributed by atoms with van der Waals surface area (Å²) in [4.78, 5) is 67.3. The van der Waals surface area contributed by atoms with E-state index in [2.05, 4.69) is 25.9 Å². The van der Waals surface area contributed by atoms with Crippen molar-refractivity contribution >= 4 is 23.9 Å². The molecule has 0 radical (unpaired) electrons. The molecule has 0 bridgehead atoms. The highest BCUT2D eigenvalue weighted by Crippen LogP contribution is 2.25. The highest BCUT2D eigenvalue weighted by molar-refractivity contribution is 5.89. The Kier molecular flexibility index (Phi) is 15.8. The standard InChI is InChI=1S/C47H61N7O6/c1-8-31(2)41(54-26-25-53(46(54)59)30-36-18-14-15-32(3)49-36)43(56)51-39(28-33-16-10-9-11-17-33)40(55)29-37(50-44(57)42(47(4,5)6)52-45(58)60-7)27-34-20-22-35(23-21-34)38-19-12-13-24-48-38/h9-24,31,37,39-42,55H,8,25-30H2,1-7H3,(H,50,57)(H,51,56)(H,52,58). The minimum atomic E-state index is -1.13. The number of aromatic nitrogens is 2. The highest BCUT2D eigenvalue weighted by atomic mass is 16.5. The number of ether oxygens (including phenoxy) is 1. The number of aryl methyl sites for hydroxylation is 1. The number of nitrogens with one attached hydrogen (secondary N) is 3. The predicted octanol–water partition coefficient (Wildman–Crippen LogP) is 6.08. The average molecular weight is 820 g/mol. The van der Waals surface area contributed by atoms with E-state index in [4.69, 9.17) is 4.74 Å². The summed E-state index contributed by atoms with van der Waals surface area (Å²) in [6.45, 7) is 12.6. The van der Waals surface area contributed by atoms with Gasteiger partial charge in [-0.3, -0.25) is 19.6 Å². The number of pyridine rings is 2. The van der Waals surface area contributed by atoms with Gasteiger partial charge < -0.3 is 35.6 Å². The van der Waals surface area contributed by atoms with E-state index in [1.54, 1.807) is 16.0 Å². The predicted molar refractivity (Wildman–Crippen MR) is 232 cm³/mol. The number of aliphatic hydroxyl groups excluding tert-OH is 1. The largest absolute Gasteiger partial charge is 0.453 e. The van der Waals surface area contributed by atoms with Crippen molar-refractivity contribution in [3.63, 3.8) is 0 Å². The van der Waals surface area contributed by atoms with E-state index in [1.165, 1.54) is 7.11 Å². The number of carbonyl (C=O) groups is 4. The first-order valence-electron chi connectivity index (χ1n) is 20.8.